The van der Waals surface area contributed by atoms with Gasteiger partial charge in [-0.2, -0.15) is 5.10 Å². The lowest BCUT2D eigenvalue weighted by Crippen LogP contribution is -2.46. The van der Waals surface area contributed by atoms with E-state index in [0.29, 0.717) is 82.9 Å². The van der Waals surface area contributed by atoms with E-state index in [4.69, 9.17) is 52.6 Å². The number of halogens is 2. The average molecular weight is 1990 g/mol. The molecule has 30 nitrogen and oxygen atoms in total. The van der Waals surface area contributed by atoms with Gasteiger partial charge in [0.2, 0.25) is 23.6 Å². The van der Waals surface area contributed by atoms with Crippen molar-refractivity contribution in [1.82, 2.24) is 35.9 Å². The van der Waals surface area contributed by atoms with E-state index in [1.807, 2.05) is 36.4 Å². The number of unbranched alkanes of at least 4 members (excludes halogenated alkanes) is 2. The Labute approximate surface area is 839 Å². The molecule has 0 radical (unpaired) electrons. The number of aromatic hydroxyl groups is 2. The Balaban J connectivity index is 0.000000346. The molecule has 142 heavy (non-hydrogen) atoms. The molecule has 2 aliphatic rings. The van der Waals surface area contributed by atoms with Crippen LogP contribution in [0.3, 0.4) is 0 Å². The van der Waals surface area contributed by atoms with Crippen LogP contribution in [0.1, 0.15) is 236 Å². The summed E-state index contributed by atoms with van der Waals surface area (Å²) >= 11 is 12.2. The number of aryl methyl sites for hydroxylation is 1. The molecule has 32 heteroatoms. The van der Waals surface area contributed by atoms with Gasteiger partial charge in [0.1, 0.15) is 63.7 Å². The molecular formula is C110H132Cl2N8O22. The summed E-state index contributed by atoms with van der Waals surface area (Å²) in [5, 5.41) is 48.7. The molecule has 9 N–H and O–H groups in total. The number of likely N-dealkylation sites (N-methyl/N-ethyl adjacent to an activating group) is 2. The number of aromatic amines is 1. The third-order valence-electron chi connectivity index (χ3n) is 23.9. The molecule has 9 atom stereocenters. The Bertz CT molecular complexity index is 5990. The van der Waals surface area contributed by atoms with Gasteiger partial charge in [-0.05, 0) is 231 Å². The van der Waals surface area contributed by atoms with Gasteiger partial charge in [-0.25, -0.2) is 19.2 Å². The lowest BCUT2D eigenvalue weighted by molar-refractivity contribution is -0.144. The van der Waals surface area contributed by atoms with Gasteiger partial charge < -0.3 is 70.5 Å². The SMILES string of the molecule is C.C.C[C@@H]1CC(=O)[C@@H](N(C)C(=O)[C@H](CCCCNC(=O)OC(C)(C)C)CC(=O)c2ccc(-c3ccc(Cl)cc3)cc2)c2ccc(OC(=O)OC(C)(C)C)c(c2)-c2cc(ccc2OC(=O)OC(C)(C)C)C[C@@H](C(=O)O)NC1=O.C[C@H](CC(=O)[C@@H]1Cc2ccc(O)c(c2)-c2cc(ccc2O)[C@H](N(C)C(=O)[C@H](CCCCN)CC(=O)c2ccc(-c3ccc(Cl)cc3)cc2)C(=O)C[C@@H](C)C(=O)N1)C(=O)CCc1ccn[nH]1. The zero-order valence-electron chi connectivity index (χ0n) is 81.3. The van der Waals surface area contributed by atoms with Gasteiger partial charge in [0.05, 0.1) is 6.04 Å². The predicted molar refractivity (Wildman–Crippen MR) is 542 cm³/mol. The molecule has 3 heterocycles. The van der Waals surface area contributed by atoms with Crippen molar-refractivity contribution in [3.05, 3.63) is 231 Å². The van der Waals surface area contributed by atoms with Crippen LogP contribution >= 0.6 is 23.2 Å². The van der Waals surface area contributed by atoms with Crippen LogP contribution in [-0.4, -0.2) is 174 Å². The highest BCUT2D eigenvalue weighted by molar-refractivity contribution is 6.31. The van der Waals surface area contributed by atoms with Crippen molar-refractivity contribution < 1.29 is 106 Å². The number of carboxylic acid groups (broad SMARTS) is 1. The van der Waals surface area contributed by atoms with Crippen LogP contribution < -0.4 is 31.2 Å². The van der Waals surface area contributed by atoms with Crippen LogP contribution in [0.2, 0.25) is 10.0 Å². The second-order valence-corrected chi connectivity index (χ2v) is 39.6. The Morgan fingerprint density at radius 2 is 0.901 bits per heavy atom. The summed E-state index contributed by atoms with van der Waals surface area (Å²) in [6.45, 7) is 20.3. The number of nitrogens with two attached hydrogens (primary N) is 1. The number of phenolic OH excluding ortho intramolecular Hbond substituents is 2. The summed E-state index contributed by atoms with van der Waals surface area (Å²) < 4.78 is 27.9. The van der Waals surface area contributed by atoms with E-state index in [-0.39, 0.29) is 147 Å². The molecule has 0 aliphatic carbocycles. The summed E-state index contributed by atoms with van der Waals surface area (Å²) in [5.74, 6) is -11.2. The minimum absolute atomic E-state index is 0. The van der Waals surface area contributed by atoms with Crippen LogP contribution in [0.25, 0.3) is 44.5 Å². The van der Waals surface area contributed by atoms with E-state index < -0.39 is 137 Å². The van der Waals surface area contributed by atoms with E-state index in [2.05, 4.69) is 26.1 Å². The van der Waals surface area contributed by atoms with Gasteiger partial charge in [0, 0.05) is 150 Å². The number of carbonyl (C=O) groups excluding carboxylic acids is 13. The van der Waals surface area contributed by atoms with Crippen molar-refractivity contribution >= 4 is 106 Å². The summed E-state index contributed by atoms with van der Waals surface area (Å²) in [5.41, 5.74) is 10.1. The molecular weight excluding hydrogens is 1860 g/mol. The maximum absolute atomic E-state index is 15.2. The molecule has 5 amide bonds. The number of nitrogens with zero attached hydrogens (tertiary/aromatic N) is 3. The van der Waals surface area contributed by atoms with Gasteiger partial charge >= 0.3 is 24.4 Å². The molecule has 0 saturated heterocycles. The third kappa shape index (κ3) is 32.7. The molecule has 0 unspecified atom stereocenters. The fraction of sp³-hybridized carbons (Fsp3) is 0.409. The normalized spacial score (nSPS) is 16.7. The highest BCUT2D eigenvalue weighted by Gasteiger charge is 2.41. The van der Waals surface area contributed by atoms with Gasteiger partial charge in [-0.15, -0.1) is 0 Å². The molecule has 2 aliphatic heterocycles. The quantitative estimate of drug-likeness (QED) is 0.00657. The first kappa shape index (κ1) is 114. The molecule has 8 bridgehead atoms. The smallest absolute Gasteiger partial charge is 0.507 e. The molecule has 8 aromatic carbocycles. The number of phenols is 2. The first-order chi connectivity index (χ1) is 66.1. The highest BCUT2D eigenvalue weighted by Crippen LogP contribution is 2.44. The largest absolute Gasteiger partial charge is 0.514 e. The lowest BCUT2D eigenvalue weighted by atomic mass is 9.87. The Morgan fingerprint density at radius 3 is 1.35 bits per heavy atom. The van der Waals surface area contributed by atoms with E-state index in [0.717, 1.165) is 27.9 Å². The number of H-pyrrole nitrogens is 1. The minimum Gasteiger partial charge on any atom is -0.507 e. The number of aromatic nitrogens is 2. The van der Waals surface area contributed by atoms with Gasteiger partial charge in [-0.1, -0.05) is 169 Å². The zero-order chi connectivity index (χ0) is 102. The Morgan fingerprint density at radius 1 is 0.500 bits per heavy atom. The number of benzene rings is 8. The van der Waals surface area contributed by atoms with E-state index in [1.165, 1.54) is 91.5 Å². The molecule has 9 aromatic rings. The summed E-state index contributed by atoms with van der Waals surface area (Å²) in [7, 11) is 2.89. The van der Waals surface area contributed by atoms with E-state index in [1.54, 1.807) is 161 Å². The molecule has 0 saturated carbocycles. The number of Topliss-reactive ketones (excluding diaryl/α,β-unsaturated/α-hetero) is 6. The number of hydrogen-bond donors (Lipinski definition) is 8. The number of carboxylic acids is 1. The zero-order valence-corrected chi connectivity index (χ0v) is 82.8. The number of hydrogen-bond acceptors (Lipinski definition) is 23. The summed E-state index contributed by atoms with van der Waals surface area (Å²) in [4.78, 5) is 196. The first-order valence-electron chi connectivity index (χ1n) is 46.8. The fourth-order valence-corrected chi connectivity index (χ4v) is 16.8. The standard InChI is InChI=1S/C57H68ClN3O14.C51H56ClN5O8.2CH4/c1-33-28-45(63)48(61(11)50(65)39(14-12-13-27-59-52(68)73-55(2,3)4)32-44(62)37-18-16-35(17-19-37)36-20-23-40(58)24-21-36)38-22-26-47(72-54(70)75-57(8,9)10)42(31-38)41-29-34(30-43(51(66)67)60-49(33)64)15-25-46(41)71-53(69)74-56(5,6)7;1-30(43(58)20-17-39-21-23-54-56-39)24-47(62)42-27-32-7-18-44(59)40(26-32)41-28-36(14-19-45(41)60)49(48(63)25-31(2)50(64)55-42)57(3)51(65)37(6-4-5-22-53)29-46(61)35-10-8-33(9-11-35)34-12-15-38(52)16-13-34;;/h15-26,29,31,33,39,43,48H,12-14,27-28,30,32H2,1-11H3,(H,59,68)(H,60,64)(H,66,67);7-16,18-19,21,23,26,28,30-31,37,42,49,59-60H,4-6,17,20,22,24-25,27,29,53H2,1-3H3,(H,54,56)(H,55,64);2*1H4/t33-,39-,43+,48+;30-,31-,37-,42+,49+;;/m11../s1. The second-order valence-electron chi connectivity index (χ2n) is 38.7. The van der Waals surface area contributed by atoms with Crippen molar-refractivity contribution in [2.45, 2.75) is 235 Å². The number of carbonyl (C=O) groups is 14. The van der Waals surface area contributed by atoms with E-state index in [9.17, 15) is 77.6 Å². The average Bonchev–Trinajstić information content (AvgIpc) is 1.02. The first-order valence-corrected chi connectivity index (χ1v) is 47.5. The van der Waals surface area contributed by atoms with Crippen LogP contribution in [0.5, 0.6) is 23.0 Å². The number of amides is 5. The Kier molecular flexibility index (Phi) is 40.9. The monoisotopic (exact) mass is 1990 g/mol. The number of ether oxygens (including phenoxy) is 5. The maximum atomic E-state index is 15.2. The van der Waals surface area contributed by atoms with Crippen molar-refractivity contribution in [1.29, 1.82) is 0 Å². The Hall–Kier alpha value is -13.7. The second kappa shape index (κ2) is 51.1. The van der Waals surface area contributed by atoms with Gasteiger partial charge in [0.25, 0.3) is 0 Å². The van der Waals surface area contributed by atoms with Crippen LogP contribution in [0.15, 0.2) is 182 Å². The summed E-state index contributed by atoms with van der Waals surface area (Å²) in [6.07, 6.45) is 0.193. The molecule has 1 aromatic heterocycles. The van der Waals surface area contributed by atoms with Gasteiger partial charge in [-0.3, -0.25) is 53.0 Å². The van der Waals surface area contributed by atoms with Crippen LogP contribution in [-0.2, 0) is 76.6 Å². The number of nitrogens with one attached hydrogen (secondary N) is 4. The number of rotatable bonds is 31. The molecule has 0 spiro atoms. The van der Waals surface area contributed by atoms with Crippen molar-refractivity contribution in [2.24, 2.45) is 35.3 Å². The highest BCUT2D eigenvalue weighted by atomic mass is 35.5. The topological polar surface area (TPSA) is 443 Å². The van der Waals surface area contributed by atoms with Crippen LogP contribution in [0, 0.1) is 29.6 Å². The number of fused-ring (bicyclic) bond motifs is 10. The molecule has 11 rings (SSSR count). The van der Waals surface area contributed by atoms with Gasteiger partial charge in [0.15, 0.2) is 28.9 Å². The fourth-order valence-electron chi connectivity index (χ4n) is 16.6. The van der Waals surface area contributed by atoms with E-state index >= 15 is 4.79 Å². The lowest BCUT2D eigenvalue weighted by Gasteiger charge is -2.32. The van der Waals surface area contributed by atoms with Crippen molar-refractivity contribution in [3.63, 3.8) is 0 Å². The van der Waals surface area contributed by atoms with Crippen molar-refractivity contribution in [2.75, 3.05) is 27.2 Å². The molecule has 0 fully saturated rings. The number of ketones is 6. The summed E-state index contributed by atoms with van der Waals surface area (Å²) in [6, 6.07) is 42.8. The van der Waals surface area contributed by atoms with Crippen LogP contribution in [0.4, 0.5) is 14.4 Å². The minimum atomic E-state index is -1.49. The maximum Gasteiger partial charge on any atom is 0.514 e. The number of aliphatic carboxylic acids is 1. The molecule has 758 valence electrons. The number of alkyl carbamates (subject to hydrolysis) is 1. The third-order valence-corrected chi connectivity index (χ3v) is 24.4. The van der Waals surface area contributed by atoms with Crippen molar-refractivity contribution in [3.8, 4) is 67.5 Å². The predicted octanol–water partition coefficient (Wildman–Crippen LogP) is 20.1.